The lowest BCUT2D eigenvalue weighted by Gasteiger charge is -2.12. The number of benzene rings is 1. The SMILES string of the molecule is CCCNc1nc(-c2ccccc2)nc(CC)c1I. The van der Waals surface area contributed by atoms with Gasteiger partial charge in [0.15, 0.2) is 5.82 Å². The number of hydrogen-bond acceptors (Lipinski definition) is 3. The highest BCUT2D eigenvalue weighted by Gasteiger charge is 2.11. The molecule has 2 rings (SSSR count). The van der Waals surface area contributed by atoms with Crippen LogP contribution in [0.15, 0.2) is 30.3 Å². The summed E-state index contributed by atoms with van der Waals surface area (Å²) in [5, 5.41) is 3.39. The highest BCUT2D eigenvalue weighted by atomic mass is 127. The molecule has 0 aliphatic carbocycles. The van der Waals surface area contributed by atoms with Gasteiger partial charge in [0.1, 0.15) is 5.82 Å². The van der Waals surface area contributed by atoms with Crippen molar-refractivity contribution in [3.63, 3.8) is 0 Å². The average Bonchev–Trinajstić information content (AvgIpc) is 2.47. The van der Waals surface area contributed by atoms with Crippen LogP contribution in [0.25, 0.3) is 11.4 Å². The summed E-state index contributed by atoms with van der Waals surface area (Å²) < 4.78 is 1.13. The molecule has 2 aromatic rings. The Bertz CT molecular complexity index is 541. The van der Waals surface area contributed by atoms with Crippen molar-refractivity contribution in [2.75, 3.05) is 11.9 Å². The van der Waals surface area contributed by atoms with Gasteiger partial charge < -0.3 is 5.32 Å². The van der Waals surface area contributed by atoms with Crippen molar-refractivity contribution in [3.8, 4) is 11.4 Å². The fourth-order valence-electron chi connectivity index (χ4n) is 1.80. The molecule has 19 heavy (non-hydrogen) atoms. The van der Waals surface area contributed by atoms with E-state index in [1.165, 1.54) is 0 Å². The van der Waals surface area contributed by atoms with Gasteiger partial charge in [0.2, 0.25) is 0 Å². The van der Waals surface area contributed by atoms with Crippen LogP contribution in [0.2, 0.25) is 0 Å². The van der Waals surface area contributed by atoms with Gasteiger partial charge in [-0.1, -0.05) is 44.2 Å². The molecule has 0 saturated carbocycles. The summed E-state index contributed by atoms with van der Waals surface area (Å²) in [4.78, 5) is 9.33. The molecule has 0 aliphatic heterocycles. The van der Waals surface area contributed by atoms with Crippen LogP contribution in [0.4, 0.5) is 5.82 Å². The first-order chi connectivity index (χ1) is 9.26. The second kappa shape index (κ2) is 6.84. The Hall–Kier alpha value is -1.17. The van der Waals surface area contributed by atoms with Gasteiger partial charge in [-0.05, 0) is 35.4 Å². The van der Waals surface area contributed by atoms with Crippen LogP contribution in [-0.4, -0.2) is 16.5 Å². The maximum Gasteiger partial charge on any atom is 0.161 e. The Kier molecular flexibility index (Phi) is 5.13. The molecule has 0 fully saturated rings. The summed E-state index contributed by atoms with van der Waals surface area (Å²) in [5.74, 6) is 1.75. The van der Waals surface area contributed by atoms with Crippen LogP contribution in [0.3, 0.4) is 0 Å². The summed E-state index contributed by atoms with van der Waals surface area (Å²) >= 11 is 2.33. The average molecular weight is 367 g/mol. The van der Waals surface area contributed by atoms with Gasteiger partial charge in [0.25, 0.3) is 0 Å². The molecule has 3 nitrogen and oxygen atoms in total. The summed E-state index contributed by atoms with van der Waals surface area (Å²) in [5.41, 5.74) is 2.17. The van der Waals surface area contributed by atoms with E-state index in [-0.39, 0.29) is 0 Å². The second-order valence-electron chi connectivity index (χ2n) is 4.30. The predicted molar refractivity (Wildman–Crippen MR) is 88.3 cm³/mol. The summed E-state index contributed by atoms with van der Waals surface area (Å²) in [6.07, 6.45) is 2.00. The van der Waals surface area contributed by atoms with Crippen molar-refractivity contribution in [1.29, 1.82) is 0 Å². The van der Waals surface area contributed by atoms with Crippen molar-refractivity contribution in [2.45, 2.75) is 26.7 Å². The fraction of sp³-hybridized carbons (Fsp3) is 0.333. The third kappa shape index (κ3) is 3.43. The van der Waals surface area contributed by atoms with E-state index in [1.807, 2.05) is 30.3 Å². The van der Waals surface area contributed by atoms with Crippen molar-refractivity contribution < 1.29 is 0 Å². The molecule has 1 aromatic carbocycles. The van der Waals surface area contributed by atoms with Gasteiger partial charge in [0, 0.05) is 12.1 Å². The minimum Gasteiger partial charge on any atom is -0.369 e. The largest absolute Gasteiger partial charge is 0.369 e. The van der Waals surface area contributed by atoms with E-state index in [0.717, 1.165) is 45.9 Å². The van der Waals surface area contributed by atoms with E-state index in [9.17, 15) is 0 Å². The maximum atomic E-state index is 4.67. The topological polar surface area (TPSA) is 37.8 Å². The van der Waals surface area contributed by atoms with E-state index < -0.39 is 0 Å². The predicted octanol–water partition coefficient (Wildman–Crippen LogP) is 4.13. The van der Waals surface area contributed by atoms with Crippen LogP contribution < -0.4 is 5.32 Å². The standard InChI is InChI=1S/C15H18IN3/c1-3-10-17-15-13(16)12(4-2)18-14(19-15)11-8-6-5-7-9-11/h5-9H,3-4,10H2,1-2H3,(H,17,18,19). The van der Waals surface area contributed by atoms with Crippen LogP contribution in [-0.2, 0) is 6.42 Å². The number of hydrogen-bond donors (Lipinski definition) is 1. The van der Waals surface area contributed by atoms with Crippen LogP contribution >= 0.6 is 22.6 Å². The van der Waals surface area contributed by atoms with E-state index in [2.05, 4.69) is 51.7 Å². The monoisotopic (exact) mass is 367 g/mol. The zero-order valence-corrected chi connectivity index (χ0v) is 13.4. The number of anilines is 1. The van der Waals surface area contributed by atoms with Crippen LogP contribution in [0.1, 0.15) is 26.0 Å². The van der Waals surface area contributed by atoms with Crippen LogP contribution in [0, 0.1) is 3.57 Å². The summed E-state index contributed by atoms with van der Waals surface area (Å²) in [7, 11) is 0. The zero-order valence-electron chi connectivity index (χ0n) is 11.3. The normalized spacial score (nSPS) is 10.5. The van der Waals surface area contributed by atoms with Crippen molar-refractivity contribution in [2.24, 2.45) is 0 Å². The molecule has 1 aromatic heterocycles. The smallest absolute Gasteiger partial charge is 0.161 e. The molecule has 0 aliphatic rings. The molecule has 0 saturated heterocycles. The minimum absolute atomic E-state index is 0.802. The Labute approximate surface area is 128 Å². The number of aryl methyl sites for hydroxylation is 1. The molecule has 0 spiro atoms. The van der Waals surface area contributed by atoms with E-state index >= 15 is 0 Å². The van der Waals surface area contributed by atoms with Crippen molar-refractivity contribution in [1.82, 2.24) is 9.97 Å². The summed E-state index contributed by atoms with van der Waals surface area (Å²) in [6, 6.07) is 10.1. The lowest BCUT2D eigenvalue weighted by atomic mass is 10.2. The number of nitrogens with zero attached hydrogens (tertiary/aromatic N) is 2. The minimum atomic E-state index is 0.802. The highest BCUT2D eigenvalue weighted by Crippen LogP contribution is 2.24. The number of aromatic nitrogens is 2. The zero-order chi connectivity index (χ0) is 13.7. The summed E-state index contributed by atoms with van der Waals surface area (Å²) in [6.45, 7) is 5.22. The van der Waals surface area contributed by atoms with Crippen molar-refractivity contribution >= 4 is 28.4 Å². The first-order valence-corrected chi connectivity index (χ1v) is 7.69. The second-order valence-corrected chi connectivity index (χ2v) is 5.38. The van der Waals surface area contributed by atoms with Gasteiger partial charge in [-0.3, -0.25) is 0 Å². The van der Waals surface area contributed by atoms with Gasteiger partial charge in [0.05, 0.1) is 9.26 Å². The van der Waals surface area contributed by atoms with Crippen molar-refractivity contribution in [3.05, 3.63) is 39.6 Å². The molecule has 4 heteroatoms. The Morgan fingerprint density at radius 3 is 2.47 bits per heavy atom. The molecule has 1 heterocycles. The first kappa shape index (κ1) is 14.2. The molecule has 100 valence electrons. The molecule has 1 N–H and O–H groups in total. The lowest BCUT2D eigenvalue weighted by Crippen LogP contribution is -2.08. The Morgan fingerprint density at radius 1 is 1.11 bits per heavy atom. The number of rotatable bonds is 5. The third-order valence-corrected chi connectivity index (χ3v) is 3.96. The first-order valence-electron chi connectivity index (χ1n) is 6.62. The maximum absolute atomic E-state index is 4.67. The lowest BCUT2D eigenvalue weighted by molar-refractivity contribution is 0.943. The highest BCUT2D eigenvalue weighted by molar-refractivity contribution is 14.1. The Morgan fingerprint density at radius 2 is 1.84 bits per heavy atom. The van der Waals surface area contributed by atoms with E-state index in [4.69, 9.17) is 0 Å². The van der Waals surface area contributed by atoms with Gasteiger partial charge in [-0.2, -0.15) is 0 Å². The third-order valence-electron chi connectivity index (χ3n) is 2.83. The molecular formula is C15H18IN3. The molecule has 0 unspecified atom stereocenters. The van der Waals surface area contributed by atoms with E-state index in [1.54, 1.807) is 0 Å². The van der Waals surface area contributed by atoms with E-state index in [0.29, 0.717) is 0 Å². The van der Waals surface area contributed by atoms with Gasteiger partial charge in [-0.25, -0.2) is 9.97 Å². The molecule has 0 bridgehead atoms. The molecule has 0 amide bonds. The van der Waals surface area contributed by atoms with Gasteiger partial charge in [-0.15, -0.1) is 0 Å². The van der Waals surface area contributed by atoms with Gasteiger partial charge >= 0.3 is 0 Å². The molecule has 0 radical (unpaired) electrons. The number of halogens is 1. The van der Waals surface area contributed by atoms with Crippen LogP contribution in [0.5, 0.6) is 0 Å². The number of nitrogens with one attached hydrogen (secondary N) is 1. The Balaban J connectivity index is 2.45. The fourth-order valence-corrected chi connectivity index (χ4v) is 2.62. The quantitative estimate of drug-likeness (QED) is 0.808. The molecule has 0 atom stereocenters. The molecular weight excluding hydrogens is 349 g/mol.